The van der Waals surface area contributed by atoms with Crippen molar-refractivity contribution in [3.63, 3.8) is 0 Å². The van der Waals surface area contributed by atoms with Gasteiger partial charge in [0.2, 0.25) is 0 Å². The van der Waals surface area contributed by atoms with Gasteiger partial charge in [-0.3, -0.25) is 0 Å². The van der Waals surface area contributed by atoms with Crippen LogP contribution in [0.25, 0.3) is 0 Å². The molecule has 0 aliphatic rings. The molecule has 2 nitrogen and oxygen atoms in total. The van der Waals surface area contributed by atoms with Gasteiger partial charge in [0.05, 0.1) is 6.61 Å². The quantitative estimate of drug-likeness (QED) is 0.134. The summed E-state index contributed by atoms with van der Waals surface area (Å²) in [4.78, 5) is 11.0. The predicted molar refractivity (Wildman–Crippen MR) is 121 cm³/mol. The third-order valence-electron chi connectivity index (χ3n) is 4.85. The van der Waals surface area contributed by atoms with Crippen LogP contribution in [0, 0.1) is 0 Å². The predicted octanol–water partition coefficient (Wildman–Crippen LogP) is 8.78. The first-order valence-electron chi connectivity index (χ1n) is 12.0. The molecule has 0 amide bonds. The summed E-state index contributed by atoms with van der Waals surface area (Å²) in [7, 11) is 0. The van der Waals surface area contributed by atoms with Crippen molar-refractivity contribution in [2.45, 2.75) is 137 Å². The molecule has 2 heteroatoms. The number of esters is 1. The van der Waals surface area contributed by atoms with Crippen molar-refractivity contribution in [1.82, 2.24) is 0 Å². The van der Waals surface area contributed by atoms with Gasteiger partial charge in [-0.25, -0.2) is 4.79 Å². The van der Waals surface area contributed by atoms with Gasteiger partial charge in [-0.1, -0.05) is 124 Å². The van der Waals surface area contributed by atoms with Gasteiger partial charge in [-0.05, 0) is 19.8 Å². The Kier molecular flexibility index (Phi) is 26.5. The van der Waals surface area contributed by atoms with Gasteiger partial charge >= 0.3 is 5.97 Å². The van der Waals surface area contributed by atoms with Gasteiger partial charge < -0.3 is 4.74 Å². The summed E-state index contributed by atoms with van der Waals surface area (Å²) in [6.07, 6.45) is 23.0. The monoisotopic (exact) mass is 382 g/mol. The molecule has 0 aromatic carbocycles. The van der Waals surface area contributed by atoms with Crippen LogP contribution in [-0.4, -0.2) is 12.6 Å². The Morgan fingerprint density at radius 2 is 0.926 bits per heavy atom. The minimum absolute atomic E-state index is 0.242. The molecule has 0 spiro atoms. The van der Waals surface area contributed by atoms with E-state index in [1.165, 1.54) is 83.5 Å². The van der Waals surface area contributed by atoms with Gasteiger partial charge in [0.25, 0.3) is 0 Å². The number of ether oxygens (including phenoxy) is 1. The van der Waals surface area contributed by atoms with E-state index in [9.17, 15) is 4.79 Å². The maximum Gasteiger partial charge on any atom is 0.333 e. The lowest BCUT2D eigenvalue weighted by Gasteiger charge is -2.03. The fourth-order valence-electron chi connectivity index (χ4n) is 3.01. The van der Waals surface area contributed by atoms with Crippen LogP contribution in [0.4, 0.5) is 0 Å². The summed E-state index contributed by atoms with van der Waals surface area (Å²) in [5.41, 5.74) is 0.602. The summed E-state index contributed by atoms with van der Waals surface area (Å²) in [6, 6.07) is 0. The summed E-state index contributed by atoms with van der Waals surface area (Å²) >= 11 is 0. The third kappa shape index (κ3) is 25.2. The molecule has 27 heavy (non-hydrogen) atoms. The molecule has 0 aliphatic heterocycles. The number of hydrogen-bond acceptors (Lipinski definition) is 2. The van der Waals surface area contributed by atoms with E-state index < -0.39 is 0 Å². The fraction of sp³-hybridized carbons (Fsp3) is 0.880. The van der Waals surface area contributed by atoms with Gasteiger partial charge in [0, 0.05) is 5.57 Å². The molecule has 0 rings (SSSR count). The zero-order chi connectivity index (χ0) is 20.6. The highest BCUT2D eigenvalue weighted by Crippen LogP contribution is 2.12. The van der Waals surface area contributed by atoms with Crippen LogP contribution in [0.5, 0.6) is 0 Å². The second-order valence-corrected chi connectivity index (χ2v) is 7.67. The van der Waals surface area contributed by atoms with Crippen molar-refractivity contribution in [2.75, 3.05) is 6.61 Å². The van der Waals surface area contributed by atoms with E-state index in [2.05, 4.69) is 27.4 Å². The van der Waals surface area contributed by atoms with E-state index in [1.807, 2.05) is 0 Å². The Hall–Kier alpha value is -0.790. The van der Waals surface area contributed by atoms with E-state index in [0.29, 0.717) is 12.2 Å². The van der Waals surface area contributed by atoms with Crippen LogP contribution < -0.4 is 0 Å². The molecule has 0 saturated carbocycles. The molecule has 162 valence electrons. The van der Waals surface area contributed by atoms with Crippen LogP contribution in [0.2, 0.25) is 0 Å². The lowest BCUT2D eigenvalue weighted by Crippen LogP contribution is -2.06. The molecular formula is C25H50O2. The van der Waals surface area contributed by atoms with Gasteiger partial charge in [0.15, 0.2) is 0 Å². The zero-order valence-electron chi connectivity index (χ0n) is 19.3. The highest BCUT2D eigenvalue weighted by atomic mass is 16.5. The average molecular weight is 383 g/mol. The standard InChI is InChI=1S/C15H32.C10H18O2/c1-3-5-7-9-11-13-15-14-12-10-8-6-4-2;1-4-6-7-8-9(3)10(11)12-5-2/h3-15H2,1-2H3;3-8H2,1-2H3. The minimum Gasteiger partial charge on any atom is -0.463 e. The Labute approximate surface area is 171 Å². The largest absolute Gasteiger partial charge is 0.463 e. The van der Waals surface area contributed by atoms with Crippen molar-refractivity contribution >= 4 is 5.97 Å². The number of carbonyl (C=O) groups is 1. The lowest BCUT2D eigenvalue weighted by molar-refractivity contribution is -0.138. The number of rotatable bonds is 18. The number of hydrogen-bond donors (Lipinski definition) is 0. The minimum atomic E-state index is -0.242. The smallest absolute Gasteiger partial charge is 0.333 e. The molecule has 0 unspecified atom stereocenters. The second-order valence-electron chi connectivity index (χ2n) is 7.67. The Morgan fingerprint density at radius 3 is 1.26 bits per heavy atom. The first-order valence-corrected chi connectivity index (χ1v) is 12.0. The van der Waals surface area contributed by atoms with Crippen molar-refractivity contribution in [3.8, 4) is 0 Å². The van der Waals surface area contributed by atoms with Crippen LogP contribution in [0.1, 0.15) is 137 Å². The molecule has 0 aliphatic carbocycles. The molecule has 0 aromatic heterocycles. The zero-order valence-corrected chi connectivity index (χ0v) is 19.3. The first-order chi connectivity index (χ1) is 13.1. The normalized spacial score (nSPS) is 10.2. The van der Waals surface area contributed by atoms with Crippen molar-refractivity contribution in [3.05, 3.63) is 12.2 Å². The highest BCUT2D eigenvalue weighted by Gasteiger charge is 2.05. The van der Waals surface area contributed by atoms with Crippen molar-refractivity contribution in [1.29, 1.82) is 0 Å². The molecule has 0 radical (unpaired) electrons. The molecule has 0 atom stereocenters. The number of unbranched alkanes of at least 4 members (excludes halogenated alkanes) is 14. The van der Waals surface area contributed by atoms with Gasteiger partial charge in [0.1, 0.15) is 0 Å². The van der Waals surface area contributed by atoms with Crippen LogP contribution in [0.3, 0.4) is 0 Å². The van der Waals surface area contributed by atoms with E-state index in [1.54, 1.807) is 6.92 Å². The van der Waals surface area contributed by atoms with E-state index in [-0.39, 0.29) is 5.97 Å². The van der Waals surface area contributed by atoms with Gasteiger partial charge in [-0.2, -0.15) is 0 Å². The Morgan fingerprint density at radius 1 is 0.593 bits per heavy atom. The maximum atomic E-state index is 11.0. The number of carbonyl (C=O) groups excluding carboxylic acids is 1. The fourth-order valence-corrected chi connectivity index (χ4v) is 3.01. The van der Waals surface area contributed by atoms with E-state index in [4.69, 9.17) is 4.74 Å². The molecule has 0 fully saturated rings. The third-order valence-corrected chi connectivity index (χ3v) is 4.85. The highest BCUT2D eigenvalue weighted by molar-refractivity contribution is 5.87. The second kappa shape index (κ2) is 25.2. The van der Waals surface area contributed by atoms with Crippen molar-refractivity contribution < 1.29 is 9.53 Å². The molecular weight excluding hydrogens is 332 g/mol. The van der Waals surface area contributed by atoms with Crippen LogP contribution >= 0.6 is 0 Å². The summed E-state index contributed by atoms with van der Waals surface area (Å²) in [5.74, 6) is -0.242. The first kappa shape index (κ1) is 28.4. The Balaban J connectivity index is 0. The molecule has 0 N–H and O–H groups in total. The van der Waals surface area contributed by atoms with E-state index >= 15 is 0 Å². The molecule has 0 bridgehead atoms. The van der Waals surface area contributed by atoms with Gasteiger partial charge in [-0.15, -0.1) is 0 Å². The SMILES string of the molecule is C=C(CCCCC)C(=O)OCC.CCCCCCCCCCCCCCC. The molecule has 0 saturated heterocycles. The van der Waals surface area contributed by atoms with Crippen molar-refractivity contribution in [2.24, 2.45) is 0 Å². The van der Waals surface area contributed by atoms with Crippen LogP contribution in [-0.2, 0) is 9.53 Å². The summed E-state index contributed by atoms with van der Waals surface area (Å²) < 4.78 is 4.80. The molecule has 0 aromatic rings. The van der Waals surface area contributed by atoms with Crippen LogP contribution in [0.15, 0.2) is 12.2 Å². The maximum absolute atomic E-state index is 11.0. The molecule has 0 heterocycles. The van der Waals surface area contributed by atoms with E-state index in [0.717, 1.165) is 25.7 Å². The summed E-state index contributed by atoms with van der Waals surface area (Å²) in [5, 5.41) is 0. The topological polar surface area (TPSA) is 26.3 Å². The lowest BCUT2D eigenvalue weighted by atomic mass is 10.1. The average Bonchev–Trinajstić information content (AvgIpc) is 2.67. The summed E-state index contributed by atoms with van der Waals surface area (Å²) in [6.45, 7) is 12.6. The Bertz CT molecular complexity index is 297.